The van der Waals surface area contributed by atoms with E-state index >= 15 is 0 Å². The molecule has 0 aliphatic carbocycles. The van der Waals surface area contributed by atoms with Gasteiger partial charge in [0.05, 0.1) is 25.5 Å². The van der Waals surface area contributed by atoms with Crippen molar-refractivity contribution in [2.45, 2.75) is 25.2 Å². The second kappa shape index (κ2) is 10.00. The molecule has 0 saturated carbocycles. The van der Waals surface area contributed by atoms with Gasteiger partial charge in [0, 0.05) is 12.4 Å². The van der Waals surface area contributed by atoms with Gasteiger partial charge in [0.25, 0.3) is 0 Å². The van der Waals surface area contributed by atoms with Crippen LogP contribution in [0.3, 0.4) is 0 Å². The Hall–Kier alpha value is -4.28. The zero-order valence-electron chi connectivity index (χ0n) is 20.5. The summed E-state index contributed by atoms with van der Waals surface area (Å²) in [7, 11) is -1.07. The molecule has 3 aromatic heterocycles. The number of aryl methyl sites for hydroxylation is 1. The Bertz CT molecular complexity index is 1550. The number of hydrogen-bond donors (Lipinski definition) is 1. The SMILES string of the molecule is COc1cccc(OC)c1-n1c(CS(=O)(=O)C[C@@](C)(O)c2ncc(C#N)cn2)nnc1-c1ccc(C)o1. The zero-order valence-corrected chi connectivity index (χ0v) is 21.4. The highest BCUT2D eigenvalue weighted by atomic mass is 32.2. The molecule has 1 N–H and O–H groups in total. The number of para-hydroxylation sites is 1. The Morgan fingerprint density at radius 3 is 2.30 bits per heavy atom. The van der Waals surface area contributed by atoms with Gasteiger partial charge < -0.3 is 19.0 Å². The maximum Gasteiger partial charge on any atom is 0.204 e. The van der Waals surface area contributed by atoms with Crippen LogP contribution in [-0.2, 0) is 21.2 Å². The Labute approximate surface area is 213 Å². The highest BCUT2D eigenvalue weighted by Crippen LogP contribution is 2.37. The molecule has 0 fully saturated rings. The maximum absolute atomic E-state index is 13.3. The molecule has 4 aromatic rings. The molecule has 12 nitrogen and oxygen atoms in total. The van der Waals surface area contributed by atoms with E-state index in [-0.39, 0.29) is 23.0 Å². The van der Waals surface area contributed by atoms with E-state index in [0.29, 0.717) is 28.7 Å². The van der Waals surface area contributed by atoms with Crippen LogP contribution in [0.5, 0.6) is 11.5 Å². The summed E-state index contributed by atoms with van der Waals surface area (Å²) < 4.78 is 45.0. The monoisotopic (exact) mass is 524 g/mol. The Morgan fingerprint density at radius 1 is 1.11 bits per heavy atom. The normalized spacial score (nSPS) is 13.1. The van der Waals surface area contributed by atoms with Crippen LogP contribution in [0, 0.1) is 18.3 Å². The minimum Gasteiger partial charge on any atom is -0.494 e. The number of nitriles is 1. The first kappa shape index (κ1) is 25.8. The molecular weight excluding hydrogens is 500 g/mol. The highest BCUT2D eigenvalue weighted by Gasteiger charge is 2.35. The molecule has 0 radical (unpaired) electrons. The van der Waals surface area contributed by atoms with Crippen LogP contribution in [0.4, 0.5) is 0 Å². The summed E-state index contributed by atoms with van der Waals surface area (Å²) in [6.07, 6.45) is 2.43. The van der Waals surface area contributed by atoms with E-state index in [1.54, 1.807) is 37.3 Å². The fourth-order valence-electron chi connectivity index (χ4n) is 3.82. The summed E-state index contributed by atoms with van der Waals surface area (Å²) in [5, 5.41) is 28.2. The number of nitrogens with zero attached hydrogens (tertiary/aromatic N) is 6. The van der Waals surface area contributed by atoms with Crippen molar-refractivity contribution in [3.05, 3.63) is 65.7 Å². The highest BCUT2D eigenvalue weighted by molar-refractivity contribution is 7.90. The molecule has 0 amide bonds. The van der Waals surface area contributed by atoms with Crippen molar-refractivity contribution < 1.29 is 27.4 Å². The third-order valence-electron chi connectivity index (χ3n) is 5.43. The molecule has 0 aliphatic heterocycles. The molecule has 4 rings (SSSR count). The molecule has 0 unspecified atom stereocenters. The van der Waals surface area contributed by atoms with Crippen molar-refractivity contribution in [2.24, 2.45) is 0 Å². The molecule has 192 valence electrons. The van der Waals surface area contributed by atoms with Crippen LogP contribution in [0.15, 0.2) is 47.1 Å². The molecule has 0 aliphatic rings. The van der Waals surface area contributed by atoms with Crippen LogP contribution >= 0.6 is 0 Å². The van der Waals surface area contributed by atoms with E-state index in [1.807, 2.05) is 6.07 Å². The van der Waals surface area contributed by atoms with Gasteiger partial charge in [-0.25, -0.2) is 18.4 Å². The lowest BCUT2D eigenvalue weighted by Gasteiger charge is -2.21. The van der Waals surface area contributed by atoms with Crippen LogP contribution in [0.2, 0.25) is 0 Å². The first-order valence-electron chi connectivity index (χ1n) is 11.0. The number of furan rings is 1. The summed E-state index contributed by atoms with van der Waals surface area (Å²) >= 11 is 0. The molecule has 37 heavy (non-hydrogen) atoms. The van der Waals surface area contributed by atoms with Crippen molar-refractivity contribution in [1.82, 2.24) is 24.7 Å². The average molecular weight is 525 g/mol. The summed E-state index contributed by atoms with van der Waals surface area (Å²) in [5.41, 5.74) is -1.36. The third kappa shape index (κ3) is 5.30. The van der Waals surface area contributed by atoms with Gasteiger partial charge >= 0.3 is 0 Å². The molecule has 1 atom stereocenters. The first-order chi connectivity index (χ1) is 17.6. The van der Waals surface area contributed by atoms with E-state index < -0.39 is 26.9 Å². The van der Waals surface area contributed by atoms with Crippen LogP contribution < -0.4 is 9.47 Å². The summed E-state index contributed by atoms with van der Waals surface area (Å²) in [4.78, 5) is 7.88. The number of sulfone groups is 1. The van der Waals surface area contributed by atoms with Crippen molar-refractivity contribution in [2.75, 3.05) is 20.0 Å². The van der Waals surface area contributed by atoms with Gasteiger partial charge in [-0.2, -0.15) is 5.26 Å². The quantitative estimate of drug-likeness (QED) is 0.341. The van der Waals surface area contributed by atoms with Gasteiger partial charge in [0.1, 0.15) is 40.4 Å². The number of methoxy groups -OCH3 is 2. The Balaban J connectivity index is 1.78. The van der Waals surface area contributed by atoms with Crippen molar-refractivity contribution in [1.29, 1.82) is 5.26 Å². The Kier molecular flexibility index (Phi) is 6.97. The van der Waals surface area contributed by atoms with E-state index in [4.69, 9.17) is 19.2 Å². The van der Waals surface area contributed by atoms with Crippen LogP contribution in [-0.4, -0.2) is 58.2 Å². The predicted octanol–water partition coefficient (Wildman–Crippen LogP) is 2.34. The number of ether oxygens (including phenoxy) is 2. The predicted molar refractivity (Wildman–Crippen MR) is 131 cm³/mol. The van der Waals surface area contributed by atoms with E-state index in [1.165, 1.54) is 38.1 Å². The lowest BCUT2D eigenvalue weighted by Crippen LogP contribution is -2.34. The van der Waals surface area contributed by atoms with Gasteiger partial charge in [-0.3, -0.25) is 4.57 Å². The second-order valence-corrected chi connectivity index (χ2v) is 10.5. The molecule has 3 heterocycles. The van der Waals surface area contributed by atoms with Crippen molar-refractivity contribution in [3.8, 4) is 34.8 Å². The van der Waals surface area contributed by atoms with E-state index in [2.05, 4.69) is 20.2 Å². The van der Waals surface area contributed by atoms with Gasteiger partial charge in [-0.05, 0) is 38.1 Å². The molecule has 13 heteroatoms. The lowest BCUT2D eigenvalue weighted by molar-refractivity contribution is 0.0720. The number of benzene rings is 1. The number of hydrogen-bond acceptors (Lipinski definition) is 11. The minimum atomic E-state index is -4.02. The molecule has 0 bridgehead atoms. The molecule has 0 saturated heterocycles. The number of aliphatic hydroxyl groups is 1. The molecule has 0 spiro atoms. The third-order valence-corrected chi connectivity index (χ3v) is 7.13. The first-order valence-corrected chi connectivity index (χ1v) is 12.8. The number of aromatic nitrogens is 5. The van der Waals surface area contributed by atoms with Gasteiger partial charge in [0.15, 0.2) is 27.2 Å². The fourth-order valence-corrected chi connectivity index (χ4v) is 5.48. The minimum absolute atomic E-state index is 0.0448. The van der Waals surface area contributed by atoms with Gasteiger partial charge in [0.2, 0.25) is 5.82 Å². The molecular formula is C24H24N6O6S. The summed E-state index contributed by atoms with van der Waals surface area (Å²) in [5.74, 6) is 0.621. The smallest absolute Gasteiger partial charge is 0.204 e. The number of rotatable bonds is 9. The van der Waals surface area contributed by atoms with Crippen molar-refractivity contribution >= 4 is 9.84 Å². The van der Waals surface area contributed by atoms with Crippen molar-refractivity contribution in [3.63, 3.8) is 0 Å². The second-order valence-electron chi connectivity index (χ2n) is 8.41. The summed E-state index contributed by atoms with van der Waals surface area (Å²) in [6.45, 7) is 3.06. The largest absolute Gasteiger partial charge is 0.494 e. The maximum atomic E-state index is 13.3. The van der Waals surface area contributed by atoms with Crippen LogP contribution in [0.25, 0.3) is 17.3 Å². The van der Waals surface area contributed by atoms with E-state index in [9.17, 15) is 13.5 Å². The zero-order chi connectivity index (χ0) is 26.8. The lowest BCUT2D eigenvalue weighted by atomic mass is 10.1. The van der Waals surface area contributed by atoms with E-state index in [0.717, 1.165) is 0 Å². The topological polar surface area (TPSA) is 166 Å². The average Bonchev–Trinajstić information content (AvgIpc) is 3.48. The molecule has 1 aromatic carbocycles. The fraction of sp³-hybridized carbons (Fsp3) is 0.292. The Morgan fingerprint density at radius 2 is 1.76 bits per heavy atom. The summed E-state index contributed by atoms with van der Waals surface area (Å²) in [6, 6.07) is 10.4. The van der Waals surface area contributed by atoms with Gasteiger partial charge in [-0.15, -0.1) is 10.2 Å². The standard InChI is InChI=1S/C24H24N6O6S/c1-15-8-9-19(36-15)22-29-28-20(30(22)21-17(34-3)6-5-7-18(21)35-4)13-37(32,33)14-24(2,31)23-26-11-16(10-25)12-27-23/h5-9,11-12,31H,13-14H2,1-4H3/t24-/m1/s1. The van der Waals surface area contributed by atoms with Gasteiger partial charge in [-0.1, -0.05) is 6.07 Å². The van der Waals surface area contributed by atoms with Crippen LogP contribution in [0.1, 0.15) is 29.9 Å².